The fourth-order valence-electron chi connectivity index (χ4n) is 5.18. The van der Waals surface area contributed by atoms with Gasteiger partial charge in [0.25, 0.3) is 0 Å². The fraction of sp³-hybridized carbons (Fsp3) is 0.556. The second kappa shape index (κ2) is 6.39. The van der Waals surface area contributed by atoms with Crippen LogP contribution in [-0.4, -0.2) is 37.9 Å². The van der Waals surface area contributed by atoms with Gasteiger partial charge in [-0.05, 0) is 0 Å². The maximum absolute atomic E-state index is 6.58. The average molecular weight is 616 g/mol. The van der Waals surface area contributed by atoms with Gasteiger partial charge in [0.15, 0.2) is 0 Å². The van der Waals surface area contributed by atoms with Crippen molar-refractivity contribution in [1.29, 1.82) is 0 Å². The quantitative estimate of drug-likeness (QED) is 0.362. The molecule has 0 bridgehead atoms. The summed E-state index contributed by atoms with van der Waals surface area (Å²) in [6.07, 6.45) is 9.60. The van der Waals surface area contributed by atoms with E-state index in [2.05, 4.69) is 81.8 Å². The summed E-state index contributed by atoms with van der Waals surface area (Å²) in [6.45, 7) is 4.42. The minimum absolute atomic E-state index is 0.0272. The van der Waals surface area contributed by atoms with Gasteiger partial charge in [-0.3, -0.25) is 0 Å². The molecule has 2 spiro atoms. The van der Waals surface area contributed by atoms with Crippen molar-refractivity contribution in [2.24, 2.45) is 0 Å². The van der Waals surface area contributed by atoms with Crippen LogP contribution in [0.25, 0.3) is 0 Å². The third kappa shape index (κ3) is 2.05. The molecule has 26 heavy (non-hydrogen) atoms. The van der Waals surface area contributed by atoms with Gasteiger partial charge in [0.2, 0.25) is 0 Å². The molecule has 0 amide bonds. The van der Waals surface area contributed by atoms with Crippen LogP contribution in [0.4, 0.5) is 0 Å². The second-order valence-electron chi connectivity index (χ2n) is 7.36. The summed E-state index contributed by atoms with van der Waals surface area (Å²) in [6, 6.07) is 0. The van der Waals surface area contributed by atoms with Crippen LogP contribution in [0.1, 0.15) is 13.8 Å². The van der Waals surface area contributed by atoms with Crippen molar-refractivity contribution in [3.8, 4) is 0 Å². The predicted octanol–water partition coefficient (Wildman–Crippen LogP) is 5.85. The van der Waals surface area contributed by atoms with Crippen LogP contribution in [0.15, 0.2) is 46.6 Å². The molecule has 6 atom stereocenters. The molecule has 140 valence electrons. The van der Waals surface area contributed by atoms with Crippen LogP contribution in [0.2, 0.25) is 0 Å². The normalized spacial score (nSPS) is 47.5. The van der Waals surface area contributed by atoms with Gasteiger partial charge in [0.05, 0.1) is 0 Å². The van der Waals surface area contributed by atoms with E-state index in [1.165, 1.54) is 22.3 Å². The summed E-state index contributed by atoms with van der Waals surface area (Å²) in [5, 5.41) is 0.920. The molecule has 3 aliphatic heterocycles. The Morgan fingerprint density at radius 1 is 0.885 bits per heavy atom. The average Bonchev–Trinajstić information content (AvgIpc) is 3.24. The Bertz CT molecular complexity index is 759. The van der Waals surface area contributed by atoms with E-state index >= 15 is 0 Å². The van der Waals surface area contributed by atoms with Gasteiger partial charge >= 0.3 is 192 Å². The van der Waals surface area contributed by atoms with E-state index in [4.69, 9.17) is 5.63 Å². The van der Waals surface area contributed by atoms with Gasteiger partial charge in [-0.25, -0.2) is 0 Å². The number of rotatable bonds is 2. The van der Waals surface area contributed by atoms with E-state index < -0.39 is 21.1 Å². The Morgan fingerprint density at radius 3 is 1.69 bits per heavy atom. The third-order valence-electron chi connectivity index (χ3n) is 6.11. The van der Waals surface area contributed by atoms with Gasteiger partial charge in [0, 0.05) is 0 Å². The Balaban J connectivity index is 1.69. The van der Waals surface area contributed by atoms with Gasteiger partial charge in [-0.1, -0.05) is 0 Å². The van der Waals surface area contributed by atoms with Crippen molar-refractivity contribution in [3.63, 3.8) is 0 Å². The van der Waals surface area contributed by atoms with Crippen molar-refractivity contribution >= 4 is 67.1 Å². The van der Waals surface area contributed by atoms with E-state index in [9.17, 15) is 0 Å². The van der Waals surface area contributed by atoms with Crippen molar-refractivity contribution in [2.45, 2.75) is 37.6 Å². The Labute approximate surface area is 190 Å². The number of hydrogen-bond donors (Lipinski definition) is 0. The molecule has 5 rings (SSSR count). The number of hydrogen-bond acceptors (Lipinski definition) is 5. The molecular weight excluding hydrogens is 595 g/mol. The molecule has 3 saturated heterocycles. The molecular formula is C18H20Br2O2S3Zr. The molecule has 5 aliphatic rings. The number of alkyl halides is 2. The number of halogens is 2. The first kappa shape index (κ1) is 19.7. The van der Waals surface area contributed by atoms with Crippen LogP contribution < -0.4 is 0 Å². The minimum atomic E-state index is -3.65. The summed E-state index contributed by atoms with van der Waals surface area (Å²) in [5.74, 6) is 0. The summed E-state index contributed by atoms with van der Waals surface area (Å²) in [4.78, 5) is 0. The second-order valence-corrected chi connectivity index (χ2v) is 25.1. The standard InChI is InChI=1S/C16H14Br2S3.2CH3O.Zr/c1-7-3-9-11(5-7)19-15(17)13(9)21-14-10-4-8(2)6-12(10)20-16(14)18;2*1-2;/h3-6,11-12,15-16H,1-2H3;2*1H3;/q;2*-1;+2. The first-order valence-electron chi connectivity index (χ1n) is 8.57. The topological polar surface area (TPSA) is 18.5 Å². The zero-order chi connectivity index (χ0) is 18.5. The first-order chi connectivity index (χ1) is 12.4. The van der Waals surface area contributed by atoms with E-state index in [1.807, 2.05) is 37.7 Å². The molecule has 2 nitrogen and oxygen atoms in total. The van der Waals surface area contributed by atoms with E-state index in [1.54, 1.807) is 0 Å². The van der Waals surface area contributed by atoms with E-state index in [-0.39, 0.29) is 4.91 Å². The Kier molecular flexibility index (Phi) is 4.84. The number of thioether (sulfide) groups is 3. The zero-order valence-electron chi connectivity index (χ0n) is 14.9. The van der Waals surface area contributed by atoms with Gasteiger partial charge in [-0.2, -0.15) is 0 Å². The predicted molar refractivity (Wildman–Crippen MR) is 119 cm³/mol. The molecule has 3 heterocycles. The first-order valence-corrected chi connectivity index (χ1v) is 17.6. The number of allylic oxidation sites excluding steroid dienone is 4. The van der Waals surface area contributed by atoms with Crippen molar-refractivity contribution in [2.75, 3.05) is 14.2 Å². The maximum atomic E-state index is 6.58. The Hall–Kier alpha value is 1.77. The fourth-order valence-corrected chi connectivity index (χ4v) is 35.4. The van der Waals surface area contributed by atoms with Gasteiger partial charge in [-0.15, -0.1) is 0 Å². The monoisotopic (exact) mass is 612 g/mol. The molecule has 0 saturated carbocycles. The van der Waals surface area contributed by atoms with Crippen LogP contribution in [0.5, 0.6) is 0 Å². The summed E-state index contributed by atoms with van der Waals surface area (Å²) in [7, 11) is 3.81. The third-order valence-corrected chi connectivity index (χ3v) is 32.1. The molecule has 0 aromatic carbocycles. The van der Waals surface area contributed by atoms with Crippen LogP contribution in [0, 0.1) is 0 Å². The van der Waals surface area contributed by atoms with Crippen molar-refractivity contribution < 1.29 is 26.8 Å². The molecule has 8 heteroatoms. The van der Waals surface area contributed by atoms with E-state index in [0.29, 0.717) is 18.8 Å². The molecule has 3 fully saturated rings. The number of fused-ring (bicyclic) bond motifs is 4. The molecule has 0 aromatic rings. The molecule has 6 unspecified atom stereocenters. The molecule has 2 aliphatic carbocycles. The molecule has 0 N–H and O–H groups in total. The van der Waals surface area contributed by atoms with Crippen LogP contribution >= 0.6 is 67.1 Å². The zero-order valence-corrected chi connectivity index (χ0v) is 23.0. The summed E-state index contributed by atoms with van der Waals surface area (Å²) < 4.78 is 13.8. The Morgan fingerprint density at radius 2 is 1.31 bits per heavy atom. The SMILES string of the molecule is C[O][Zr]1([O]C)[C]2(S[C]13C1=CC(C)=CC1SC3Br)C1=CC(C)=CC1SC2Br. The van der Waals surface area contributed by atoms with Gasteiger partial charge in [0.1, 0.15) is 0 Å². The molecule has 0 radical (unpaired) electrons. The van der Waals surface area contributed by atoms with Crippen LogP contribution in [0.3, 0.4) is 0 Å². The summed E-state index contributed by atoms with van der Waals surface area (Å²) in [5.41, 5.74) is 5.79. The van der Waals surface area contributed by atoms with E-state index in [0.717, 1.165) is 0 Å². The van der Waals surface area contributed by atoms with Crippen molar-refractivity contribution in [1.82, 2.24) is 0 Å². The van der Waals surface area contributed by atoms with Crippen molar-refractivity contribution in [3.05, 3.63) is 46.6 Å². The molecule has 0 aromatic heterocycles. The van der Waals surface area contributed by atoms with Gasteiger partial charge < -0.3 is 0 Å². The van der Waals surface area contributed by atoms with Crippen LogP contribution in [-0.2, 0) is 26.8 Å². The summed E-state index contributed by atoms with van der Waals surface area (Å²) >= 11 is 10.6.